The van der Waals surface area contributed by atoms with Gasteiger partial charge in [0.15, 0.2) is 11.5 Å². The van der Waals surface area contributed by atoms with Crippen molar-refractivity contribution in [2.24, 2.45) is 28.6 Å². The quantitative estimate of drug-likeness (QED) is 0.0588. The third-order valence-corrected chi connectivity index (χ3v) is 12.7. The van der Waals surface area contributed by atoms with E-state index in [9.17, 15) is 29.7 Å². The number of ketones is 2. The van der Waals surface area contributed by atoms with E-state index in [0.717, 1.165) is 38.5 Å². The van der Waals surface area contributed by atoms with Crippen molar-refractivity contribution in [3.05, 3.63) is 36.0 Å². The number of carbonyl (C=O) groups is 3. The Hall–Kier alpha value is -2.16. The van der Waals surface area contributed by atoms with E-state index in [0.29, 0.717) is 31.3 Å². The Balaban J connectivity index is 1.24. The summed E-state index contributed by atoms with van der Waals surface area (Å²) in [6.45, 7) is 7.34. The minimum Gasteiger partial charge on any atom is -0.428 e. The van der Waals surface area contributed by atoms with E-state index in [1.165, 1.54) is 50.7 Å². The number of aliphatic hydroxyl groups excluding tert-OH is 2. The molecule has 3 N–H and O–H groups in total. The fraction of sp³-hybridized carbons (Fsp3) is 0.775. The summed E-state index contributed by atoms with van der Waals surface area (Å²) in [5, 5.41) is 34.4. The second-order valence-electron chi connectivity index (χ2n) is 15.7. The first kappa shape index (κ1) is 38.6. The van der Waals surface area contributed by atoms with E-state index in [1.807, 2.05) is 0 Å². The highest BCUT2D eigenvalue weighted by Crippen LogP contribution is 2.70. The van der Waals surface area contributed by atoms with E-state index in [-0.39, 0.29) is 18.6 Å². The number of ether oxygens (including phenoxy) is 1. The molecule has 4 rings (SSSR count). The zero-order chi connectivity index (χ0) is 35.2. The maximum Gasteiger partial charge on any atom is 0.308 e. The molecule has 7 nitrogen and oxygen atoms in total. The van der Waals surface area contributed by atoms with Crippen LogP contribution >= 0.6 is 0 Å². The van der Waals surface area contributed by atoms with E-state index in [2.05, 4.69) is 19.1 Å². The molecule has 0 aromatic rings. The number of hydrogen-bond donors (Lipinski definition) is 3. The molecule has 0 saturated heterocycles. The minimum atomic E-state index is -2.15. The number of fused-ring (bicyclic) bond motifs is 5. The van der Waals surface area contributed by atoms with Gasteiger partial charge in [0.2, 0.25) is 5.78 Å². The van der Waals surface area contributed by atoms with Crippen molar-refractivity contribution in [1.29, 1.82) is 0 Å². The van der Waals surface area contributed by atoms with E-state index in [1.54, 1.807) is 26.8 Å². The number of carbonyl (C=O) groups excluding carboxylic acids is 3. The molecule has 0 aliphatic heterocycles. The highest BCUT2D eigenvalue weighted by Gasteiger charge is 2.76. The predicted molar refractivity (Wildman–Crippen MR) is 184 cm³/mol. The second-order valence-corrected chi connectivity index (χ2v) is 15.7. The summed E-state index contributed by atoms with van der Waals surface area (Å²) in [6, 6.07) is 0. The average Bonchev–Trinajstić information content (AvgIpc) is 3.24. The summed E-state index contributed by atoms with van der Waals surface area (Å²) in [5.74, 6) is -3.73. The lowest BCUT2D eigenvalue weighted by Crippen LogP contribution is -2.70. The van der Waals surface area contributed by atoms with Crippen LogP contribution < -0.4 is 0 Å². The van der Waals surface area contributed by atoms with Crippen molar-refractivity contribution in [3.8, 4) is 0 Å². The van der Waals surface area contributed by atoms with Crippen LogP contribution in [-0.2, 0) is 19.1 Å². The fourth-order valence-corrected chi connectivity index (χ4v) is 9.84. The molecule has 3 unspecified atom stereocenters. The van der Waals surface area contributed by atoms with Crippen LogP contribution in [0.5, 0.6) is 0 Å². The van der Waals surface area contributed by atoms with Gasteiger partial charge in [-0.05, 0) is 88.7 Å². The zero-order valence-electron chi connectivity index (χ0n) is 29.9. The van der Waals surface area contributed by atoms with Crippen LogP contribution in [0.3, 0.4) is 0 Å². The van der Waals surface area contributed by atoms with Crippen LogP contribution in [0.15, 0.2) is 36.0 Å². The fourth-order valence-electron chi connectivity index (χ4n) is 9.84. The van der Waals surface area contributed by atoms with Gasteiger partial charge in [-0.3, -0.25) is 14.4 Å². The number of rotatable bonds is 18. The molecule has 4 aliphatic rings. The minimum absolute atomic E-state index is 0.0615. The predicted octanol–water partition coefficient (Wildman–Crippen LogP) is 7.80. The molecule has 0 radical (unpaired) electrons. The van der Waals surface area contributed by atoms with Gasteiger partial charge in [0.25, 0.3) is 6.29 Å². The van der Waals surface area contributed by atoms with Crippen LogP contribution in [0, 0.1) is 28.6 Å². The normalized spacial score (nSPS) is 36.3. The van der Waals surface area contributed by atoms with Gasteiger partial charge in [-0.15, -0.1) is 0 Å². The third kappa shape index (κ3) is 7.32. The first-order chi connectivity index (χ1) is 22.8. The summed E-state index contributed by atoms with van der Waals surface area (Å²) in [5.41, 5.74) is -6.01. The molecule has 3 saturated carbocycles. The smallest absolute Gasteiger partial charge is 0.308 e. The number of allylic oxidation sites excluding steroid dienone is 6. The van der Waals surface area contributed by atoms with Crippen molar-refractivity contribution in [2.45, 2.75) is 167 Å². The van der Waals surface area contributed by atoms with Crippen LogP contribution in [0.4, 0.5) is 4.39 Å². The molecule has 0 amide bonds. The summed E-state index contributed by atoms with van der Waals surface area (Å²) >= 11 is 0. The van der Waals surface area contributed by atoms with Crippen molar-refractivity contribution in [2.75, 3.05) is 0 Å². The number of esters is 1. The number of unbranched alkanes of at least 4 members (excludes halogenated alkanes) is 11. The second kappa shape index (κ2) is 16.2. The van der Waals surface area contributed by atoms with Gasteiger partial charge in [0.1, 0.15) is 5.60 Å². The summed E-state index contributed by atoms with van der Waals surface area (Å²) in [6.07, 6.45) is 20.9. The monoisotopic (exact) mass is 672 g/mol. The maximum atomic E-state index is 17.4. The van der Waals surface area contributed by atoms with Gasteiger partial charge in [-0.1, -0.05) is 95.9 Å². The molecule has 0 aromatic carbocycles. The van der Waals surface area contributed by atoms with Crippen molar-refractivity contribution in [1.82, 2.24) is 0 Å². The molecular weight excluding hydrogens is 611 g/mol. The van der Waals surface area contributed by atoms with Crippen molar-refractivity contribution < 1.29 is 38.8 Å². The van der Waals surface area contributed by atoms with Gasteiger partial charge in [-0.25, -0.2) is 4.39 Å². The van der Waals surface area contributed by atoms with Gasteiger partial charge in [0.05, 0.1) is 6.10 Å². The molecule has 8 heteroatoms. The Labute approximate surface area is 287 Å². The molecule has 48 heavy (non-hydrogen) atoms. The molecule has 0 aromatic heterocycles. The van der Waals surface area contributed by atoms with Crippen LogP contribution in [0.2, 0.25) is 0 Å². The number of Topliss-reactive ketones (excluding diaryl/α,β-unsaturated/α-hetero) is 1. The first-order valence-corrected chi connectivity index (χ1v) is 18.9. The van der Waals surface area contributed by atoms with Gasteiger partial charge in [-0.2, -0.15) is 0 Å². The lowest BCUT2D eigenvalue weighted by atomic mass is 9.44. The van der Waals surface area contributed by atoms with E-state index < -0.39 is 64.0 Å². The lowest BCUT2D eigenvalue weighted by molar-refractivity contribution is -0.227. The van der Waals surface area contributed by atoms with E-state index in [4.69, 9.17) is 4.74 Å². The SMILES string of the molecule is CCCCCCCC/C=C/CCCCCCCC(=O)OC(O)C(=O)[C@@]1(O)C(C)C[C@H]2[C@@H]3CCC4=CC(=O)C=C[C@]4(C)[C@@]3(F)C(O)C[C@@]21C. The van der Waals surface area contributed by atoms with Crippen LogP contribution in [0.1, 0.15) is 143 Å². The molecule has 4 aliphatic carbocycles. The molecule has 0 heterocycles. The highest BCUT2D eigenvalue weighted by atomic mass is 19.1. The van der Waals surface area contributed by atoms with Gasteiger partial charge < -0.3 is 20.1 Å². The Morgan fingerprint density at radius 2 is 1.60 bits per heavy atom. The number of aliphatic hydroxyl groups is 3. The molecule has 270 valence electrons. The van der Waals surface area contributed by atoms with E-state index >= 15 is 4.39 Å². The van der Waals surface area contributed by atoms with Gasteiger partial charge in [0, 0.05) is 23.2 Å². The summed E-state index contributed by atoms with van der Waals surface area (Å²) in [7, 11) is 0. The van der Waals surface area contributed by atoms with Crippen molar-refractivity contribution >= 4 is 17.5 Å². The van der Waals surface area contributed by atoms with Crippen molar-refractivity contribution in [3.63, 3.8) is 0 Å². The Morgan fingerprint density at radius 1 is 1.00 bits per heavy atom. The highest BCUT2D eigenvalue weighted by molar-refractivity contribution is 6.01. The topological polar surface area (TPSA) is 121 Å². The largest absolute Gasteiger partial charge is 0.428 e. The standard InChI is InChI=1S/C40H61FO7/c1-5-6-7-8-9-10-11-12-13-14-15-16-17-18-19-20-34(44)48-36(46)35(45)40(47)28(2)25-32-31-22-21-29-26-30(42)23-24-37(29,3)39(31,41)33(43)27-38(32,40)4/h12-13,23-24,26,28,31-33,36,43,46-47H,5-11,14-22,25,27H2,1-4H3/b13-12+/t28?,31-,32-,33?,36?,37-,38-,39-,40-/m0/s1. The molecule has 0 spiro atoms. The molecule has 3 fully saturated rings. The summed E-state index contributed by atoms with van der Waals surface area (Å²) in [4.78, 5) is 38.4. The first-order valence-electron chi connectivity index (χ1n) is 18.9. The number of hydrogen-bond acceptors (Lipinski definition) is 7. The molecule has 9 atom stereocenters. The average molecular weight is 673 g/mol. The number of halogens is 1. The zero-order valence-corrected chi connectivity index (χ0v) is 29.9. The summed E-state index contributed by atoms with van der Waals surface area (Å²) < 4.78 is 22.5. The maximum absolute atomic E-state index is 17.4. The van der Waals surface area contributed by atoms with Crippen LogP contribution in [-0.4, -0.2) is 56.5 Å². The Bertz CT molecular complexity index is 1240. The number of alkyl halides is 1. The lowest BCUT2D eigenvalue weighted by Gasteiger charge is -2.62. The van der Waals surface area contributed by atoms with Gasteiger partial charge >= 0.3 is 5.97 Å². The Morgan fingerprint density at radius 3 is 2.25 bits per heavy atom. The molecular formula is C40H61FO7. The Kier molecular flexibility index (Phi) is 13.1. The third-order valence-electron chi connectivity index (χ3n) is 12.7. The van der Waals surface area contributed by atoms with Crippen LogP contribution in [0.25, 0.3) is 0 Å². The molecule has 0 bridgehead atoms.